The third-order valence-electron chi connectivity index (χ3n) is 3.25. The fourth-order valence-electron chi connectivity index (χ4n) is 1.94. The maximum absolute atomic E-state index is 5.17. The average Bonchev–Trinajstić information content (AvgIpc) is 2.79. The fraction of sp³-hybridized carbons (Fsp3) is 0.769. The van der Waals surface area contributed by atoms with Crippen LogP contribution >= 0.6 is 0 Å². The second-order valence-corrected chi connectivity index (χ2v) is 4.53. The Morgan fingerprint density at radius 2 is 2.12 bits per heavy atom. The van der Waals surface area contributed by atoms with Gasteiger partial charge < -0.3 is 14.6 Å². The van der Waals surface area contributed by atoms with Crippen LogP contribution in [0, 0.1) is 5.92 Å². The molecule has 0 amide bonds. The number of ether oxygens (including phenoxy) is 1. The molecule has 0 aliphatic rings. The maximum atomic E-state index is 5.17. The molecule has 4 heteroatoms. The molecule has 0 fully saturated rings. The topological polar surface area (TPSA) is 39.1 Å². The van der Waals surface area contributed by atoms with Gasteiger partial charge >= 0.3 is 0 Å². The minimum absolute atomic E-state index is 0.312. The van der Waals surface area contributed by atoms with E-state index in [-0.39, 0.29) is 0 Å². The van der Waals surface area contributed by atoms with E-state index in [0.717, 1.165) is 18.4 Å². The number of hydrogen-bond acceptors (Lipinski definition) is 3. The van der Waals surface area contributed by atoms with E-state index in [1.807, 2.05) is 12.4 Å². The van der Waals surface area contributed by atoms with Crippen molar-refractivity contribution in [2.75, 3.05) is 25.6 Å². The minimum Gasteiger partial charge on any atom is -0.383 e. The number of anilines is 1. The lowest BCUT2D eigenvalue weighted by atomic mass is 10.0. The largest absolute Gasteiger partial charge is 0.383 e. The molecule has 0 aliphatic carbocycles. The van der Waals surface area contributed by atoms with E-state index in [1.54, 1.807) is 7.11 Å². The molecule has 4 nitrogen and oxygen atoms in total. The van der Waals surface area contributed by atoms with Gasteiger partial charge in [-0.15, -0.1) is 0 Å². The molecule has 1 heterocycles. The molecule has 1 atom stereocenters. The van der Waals surface area contributed by atoms with Gasteiger partial charge in [0, 0.05) is 26.0 Å². The van der Waals surface area contributed by atoms with Crippen molar-refractivity contribution in [1.82, 2.24) is 9.55 Å². The summed E-state index contributed by atoms with van der Waals surface area (Å²) in [5, 5.41) is 3.43. The highest BCUT2D eigenvalue weighted by molar-refractivity contribution is 5.26. The standard InChI is InChI=1S/C13H25N3O/c1-5-12(6-2)9-15-13-14-7-8-16(13)11(3)10-17-4/h7-8,11-12H,5-6,9-10H2,1-4H3,(H,14,15). The predicted octanol–water partition coefficient (Wildman–Crippen LogP) is 2.94. The lowest BCUT2D eigenvalue weighted by molar-refractivity contribution is 0.163. The van der Waals surface area contributed by atoms with E-state index in [2.05, 4.69) is 35.6 Å². The van der Waals surface area contributed by atoms with E-state index in [1.165, 1.54) is 12.8 Å². The van der Waals surface area contributed by atoms with Gasteiger partial charge in [0.1, 0.15) is 0 Å². The molecule has 1 unspecified atom stereocenters. The van der Waals surface area contributed by atoms with Crippen molar-refractivity contribution in [2.24, 2.45) is 5.92 Å². The molecule has 1 rings (SSSR count). The van der Waals surface area contributed by atoms with E-state index >= 15 is 0 Å². The summed E-state index contributed by atoms with van der Waals surface area (Å²) in [7, 11) is 1.73. The smallest absolute Gasteiger partial charge is 0.203 e. The molecule has 17 heavy (non-hydrogen) atoms. The van der Waals surface area contributed by atoms with Crippen LogP contribution in [0.2, 0.25) is 0 Å². The van der Waals surface area contributed by atoms with Crippen LogP contribution in [0.3, 0.4) is 0 Å². The van der Waals surface area contributed by atoms with Gasteiger partial charge in [-0.3, -0.25) is 0 Å². The first-order valence-electron chi connectivity index (χ1n) is 6.48. The molecule has 0 bridgehead atoms. The van der Waals surface area contributed by atoms with E-state index < -0.39 is 0 Å². The zero-order chi connectivity index (χ0) is 12.7. The van der Waals surface area contributed by atoms with Gasteiger partial charge in [0.25, 0.3) is 0 Å². The Kier molecular flexibility index (Phi) is 6.05. The molecule has 1 aromatic rings. The number of imidazole rings is 1. The highest BCUT2D eigenvalue weighted by Gasteiger charge is 2.10. The Morgan fingerprint density at radius 1 is 1.41 bits per heavy atom. The van der Waals surface area contributed by atoms with E-state index in [9.17, 15) is 0 Å². The first-order chi connectivity index (χ1) is 8.22. The molecule has 0 aromatic carbocycles. The summed E-state index contributed by atoms with van der Waals surface area (Å²) in [6.07, 6.45) is 6.25. The Labute approximate surface area is 104 Å². The minimum atomic E-state index is 0.312. The summed E-state index contributed by atoms with van der Waals surface area (Å²) in [6, 6.07) is 0.312. The van der Waals surface area contributed by atoms with Gasteiger partial charge in [0.2, 0.25) is 5.95 Å². The normalized spacial score (nSPS) is 13.0. The van der Waals surface area contributed by atoms with Crippen LogP contribution in [-0.4, -0.2) is 29.8 Å². The van der Waals surface area contributed by atoms with Crippen LogP contribution in [0.4, 0.5) is 5.95 Å². The van der Waals surface area contributed by atoms with E-state index in [4.69, 9.17) is 4.74 Å². The maximum Gasteiger partial charge on any atom is 0.203 e. The van der Waals surface area contributed by atoms with Gasteiger partial charge in [-0.05, 0) is 12.8 Å². The number of nitrogens with one attached hydrogen (secondary N) is 1. The highest BCUT2D eigenvalue weighted by Crippen LogP contribution is 2.15. The summed E-state index contributed by atoms with van der Waals surface area (Å²) in [4.78, 5) is 4.36. The fourth-order valence-corrected chi connectivity index (χ4v) is 1.94. The zero-order valence-corrected chi connectivity index (χ0v) is 11.4. The third kappa shape index (κ3) is 4.04. The second kappa shape index (κ2) is 7.33. The van der Waals surface area contributed by atoms with Crippen molar-refractivity contribution in [2.45, 2.75) is 39.7 Å². The third-order valence-corrected chi connectivity index (χ3v) is 3.25. The van der Waals surface area contributed by atoms with Crippen LogP contribution < -0.4 is 5.32 Å². The van der Waals surface area contributed by atoms with Gasteiger partial charge in [0.15, 0.2) is 0 Å². The van der Waals surface area contributed by atoms with Gasteiger partial charge in [-0.1, -0.05) is 26.7 Å². The number of rotatable bonds is 8. The van der Waals surface area contributed by atoms with Gasteiger partial charge in [-0.25, -0.2) is 4.98 Å². The molecule has 0 saturated heterocycles. The number of aromatic nitrogens is 2. The Hall–Kier alpha value is -1.03. The first-order valence-corrected chi connectivity index (χ1v) is 6.48. The summed E-state index contributed by atoms with van der Waals surface area (Å²) in [6.45, 7) is 8.29. The number of methoxy groups -OCH3 is 1. The predicted molar refractivity (Wildman–Crippen MR) is 71.4 cm³/mol. The average molecular weight is 239 g/mol. The molecular formula is C13H25N3O. The lowest BCUT2D eigenvalue weighted by Gasteiger charge is -2.18. The van der Waals surface area contributed by atoms with Crippen LogP contribution in [-0.2, 0) is 4.74 Å². The Bertz CT molecular complexity index is 307. The van der Waals surface area contributed by atoms with Crippen molar-refractivity contribution in [1.29, 1.82) is 0 Å². The van der Waals surface area contributed by atoms with Crippen molar-refractivity contribution < 1.29 is 4.74 Å². The van der Waals surface area contributed by atoms with Crippen molar-refractivity contribution in [3.8, 4) is 0 Å². The highest BCUT2D eigenvalue weighted by atomic mass is 16.5. The molecule has 1 aromatic heterocycles. The first kappa shape index (κ1) is 14.0. The van der Waals surface area contributed by atoms with Crippen LogP contribution in [0.25, 0.3) is 0 Å². The monoisotopic (exact) mass is 239 g/mol. The molecule has 1 N–H and O–H groups in total. The quantitative estimate of drug-likeness (QED) is 0.758. The van der Waals surface area contributed by atoms with Crippen molar-refractivity contribution in [3.05, 3.63) is 12.4 Å². The molecule has 0 radical (unpaired) electrons. The van der Waals surface area contributed by atoms with Crippen molar-refractivity contribution in [3.63, 3.8) is 0 Å². The molecule has 0 aliphatic heterocycles. The molecule has 0 spiro atoms. The molecular weight excluding hydrogens is 214 g/mol. The second-order valence-electron chi connectivity index (χ2n) is 4.53. The summed E-state index contributed by atoms with van der Waals surface area (Å²) in [5.74, 6) is 1.67. The van der Waals surface area contributed by atoms with Crippen molar-refractivity contribution >= 4 is 5.95 Å². The van der Waals surface area contributed by atoms with Crippen LogP contribution in [0.15, 0.2) is 12.4 Å². The zero-order valence-electron chi connectivity index (χ0n) is 11.4. The van der Waals surface area contributed by atoms with E-state index in [0.29, 0.717) is 12.6 Å². The molecule has 0 saturated carbocycles. The summed E-state index contributed by atoms with van der Waals surface area (Å²) in [5.41, 5.74) is 0. The summed E-state index contributed by atoms with van der Waals surface area (Å²) >= 11 is 0. The van der Waals surface area contributed by atoms with Crippen LogP contribution in [0.1, 0.15) is 39.7 Å². The summed E-state index contributed by atoms with van der Waals surface area (Å²) < 4.78 is 7.30. The van der Waals surface area contributed by atoms with Gasteiger partial charge in [-0.2, -0.15) is 0 Å². The SMILES string of the molecule is CCC(CC)CNc1nccn1C(C)COC. The molecule has 98 valence electrons. The van der Waals surface area contributed by atoms with Crippen LogP contribution in [0.5, 0.6) is 0 Å². The number of nitrogens with zero attached hydrogens (tertiary/aromatic N) is 2. The Balaban J connectivity index is 2.56. The Morgan fingerprint density at radius 3 is 2.71 bits per heavy atom. The lowest BCUT2D eigenvalue weighted by Crippen LogP contribution is -2.18. The van der Waals surface area contributed by atoms with Gasteiger partial charge in [0.05, 0.1) is 12.6 Å². The number of hydrogen-bond donors (Lipinski definition) is 1.